The van der Waals surface area contributed by atoms with Gasteiger partial charge in [-0.05, 0) is 36.1 Å². The number of rotatable bonds is 8. The molecule has 4 aromatic rings. The van der Waals surface area contributed by atoms with Crippen molar-refractivity contribution in [2.75, 3.05) is 13.1 Å². The summed E-state index contributed by atoms with van der Waals surface area (Å²) in [5.74, 6) is 0. The minimum absolute atomic E-state index is 0.936. The Hall–Kier alpha value is -3.10. The Kier molecular flexibility index (Phi) is 6.23. The monoisotopic (exact) mass is 380 g/mol. The van der Waals surface area contributed by atoms with E-state index in [1.807, 2.05) is 0 Å². The second-order valence-electron chi connectivity index (χ2n) is 7.64. The number of nitrogens with one attached hydrogen (secondary N) is 1. The first-order valence-corrected chi connectivity index (χ1v) is 10.3. The first-order valence-electron chi connectivity index (χ1n) is 10.3. The average Bonchev–Trinajstić information content (AvgIpc) is 3.17. The standard InChI is InChI=1S/C27H28N2/c1-22-13-15-24(16-14-22)21-29(18-7-10-23-8-3-2-4-9-23)19-17-25-20-28-27-12-6-5-11-26(25)27/h2-16,20,28H,17-19,21H2,1H3/b10-7+. The smallest absolute Gasteiger partial charge is 0.0456 e. The molecule has 0 aliphatic heterocycles. The molecule has 29 heavy (non-hydrogen) atoms. The van der Waals surface area contributed by atoms with Crippen molar-refractivity contribution in [1.29, 1.82) is 0 Å². The first kappa shape index (κ1) is 19.2. The lowest BCUT2D eigenvalue weighted by Crippen LogP contribution is -2.26. The van der Waals surface area contributed by atoms with E-state index in [4.69, 9.17) is 0 Å². The predicted molar refractivity (Wildman–Crippen MR) is 124 cm³/mol. The molecule has 4 rings (SSSR count). The van der Waals surface area contributed by atoms with Gasteiger partial charge in [0, 0.05) is 36.7 Å². The third kappa shape index (κ3) is 5.24. The van der Waals surface area contributed by atoms with Gasteiger partial charge in [-0.15, -0.1) is 0 Å². The Morgan fingerprint density at radius 1 is 0.862 bits per heavy atom. The van der Waals surface area contributed by atoms with Gasteiger partial charge in [0.15, 0.2) is 0 Å². The van der Waals surface area contributed by atoms with Crippen molar-refractivity contribution in [1.82, 2.24) is 9.88 Å². The maximum absolute atomic E-state index is 3.40. The molecule has 146 valence electrons. The highest BCUT2D eigenvalue weighted by atomic mass is 15.1. The second kappa shape index (κ2) is 9.40. The molecule has 1 N–H and O–H groups in total. The van der Waals surface area contributed by atoms with Gasteiger partial charge in [-0.3, -0.25) is 4.90 Å². The summed E-state index contributed by atoms with van der Waals surface area (Å²) in [4.78, 5) is 5.92. The lowest BCUT2D eigenvalue weighted by atomic mass is 10.1. The maximum atomic E-state index is 3.40. The number of hydrogen-bond donors (Lipinski definition) is 1. The maximum Gasteiger partial charge on any atom is 0.0456 e. The van der Waals surface area contributed by atoms with Crippen LogP contribution in [0.15, 0.2) is 91.1 Å². The SMILES string of the molecule is Cc1ccc(CN(C/C=C/c2ccccc2)CCc2c[nH]c3ccccc23)cc1. The molecule has 1 heterocycles. The number of aromatic nitrogens is 1. The van der Waals surface area contributed by atoms with E-state index in [1.54, 1.807) is 0 Å². The molecule has 3 aromatic carbocycles. The Balaban J connectivity index is 1.46. The summed E-state index contributed by atoms with van der Waals surface area (Å²) in [6.45, 7) is 5.06. The van der Waals surface area contributed by atoms with Gasteiger partial charge in [-0.1, -0.05) is 90.5 Å². The molecule has 0 aliphatic rings. The molecule has 0 fully saturated rings. The van der Waals surface area contributed by atoms with E-state index >= 15 is 0 Å². The van der Waals surface area contributed by atoms with Crippen LogP contribution in [-0.4, -0.2) is 23.0 Å². The van der Waals surface area contributed by atoms with Crippen molar-refractivity contribution in [2.45, 2.75) is 19.9 Å². The largest absolute Gasteiger partial charge is 0.361 e. The van der Waals surface area contributed by atoms with E-state index in [-0.39, 0.29) is 0 Å². The molecule has 0 saturated carbocycles. The van der Waals surface area contributed by atoms with Gasteiger partial charge < -0.3 is 4.98 Å². The number of hydrogen-bond acceptors (Lipinski definition) is 1. The van der Waals surface area contributed by atoms with Gasteiger partial charge in [0.05, 0.1) is 0 Å². The predicted octanol–water partition coefficient (Wildman–Crippen LogP) is 6.23. The molecule has 0 bridgehead atoms. The summed E-state index contributed by atoms with van der Waals surface area (Å²) in [5, 5.41) is 1.34. The van der Waals surface area contributed by atoms with Gasteiger partial charge >= 0.3 is 0 Å². The van der Waals surface area contributed by atoms with Crippen molar-refractivity contribution < 1.29 is 0 Å². The number of aromatic amines is 1. The fourth-order valence-corrected chi connectivity index (χ4v) is 3.71. The molecular formula is C27H28N2. The molecule has 0 atom stereocenters. The molecule has 2 heteroatoms. The Morgan fingerprint density at radius 2 is 1.62 bits per heavy atom. The number of fused-ring (bicyclic) bond motifs is 1. The van der Waals surface area contributed by atoms with Gasteiger partial charge in [0.2, 0.25) is 0 Å². The van der Waals surface area contributed by atoms with Gasteiger partial charge in [-0.25, -0.2) is 0 Å². The van der Waals surface area contributed by atoms with Crippen molar-refractivity contribution in [3.63, 3.8) is 0 Å². The van der Waals surface area contributed by atoms with Crippen molar-refractivity contribution in [2.24, 2.45) is 0 Å². The highest BCUT2D eigenvalue weighted by Gasteiger charge is 2.08. The van der Waals surface area contributed by atoms with Crippen LogP contribution in [0.2, 0.25) is 0 Å². The molecule has 0 amide bonds. The van der Waals surface area contributed by atoms with Crippen LogP contribution in [0.3, 0.4) is 0 Å². The highest BCUT2D eigenvalue weighted by Crippen LogP contribution is 2.19. The Labute approximate surface area is 173 Å². The molecule has 0 unspecified atom stereocenters. The third-order valence-electron chi connectivity index (χ3n) is 5.37. The fourth-order valence-electron chi connectivity index (χ4n) is 3.71. The number of benzene rings is 3. The van der Waals surface area contributed by atoms with Crippen LogP contribution < -0.4 is 0 Å². The van der Waals surface area contributed by atoms with Crippen LogP contribution in [0.25, 0.3) is 17.0 Å². The fraction of sp³-hybridized carbons (Fsp3) is 0.185. The average molecular weight is 381 g/mol. The molecule has 0 spiro atoms. The van der Waals surface area contributed by atoms with Crippen LogP contribution in [0.4, 0.5) is 0 Å². The van der Waals surface area contributed by atoms with E-state index < -0.39 is 0 Å². The molecular weight excluding hydrogens is 352 g/mol. The lowest BCUT2D eigenvalue weighted by molar-refractivity contribution is 0.299. The molecule has 0 aliphatic carbocycles. The summed E-state index contributed by atoms with van der Waals surface area (Å²) >= 11 is 0. The zero-order valence-corrected chi connectivity index (χ0v) is 17.0. The summed E-state index contributed by atoms with van der Waals surface area (Å²) in [6.07, 6.45) is 7.69. The van der Waals surface area contributed by atoms with Gasteiger partial charge in [0.25, 0.3) is 0 Å². The summed E-state index contributed by atoms with van der Waals surface area (Å²) in [5.41, 5.74) is 6.53. The highest BCUT2D eigenvalue weighted by molar-refractivity contribution is 5.83. The Bertz CT molecular complexity index is 1060. The minimum atomic E-state index is 0.936. The molecule has 2 nitrogen and oxygen atoms in total. The Morgan fingerprint density at radius 3 is 2.45 bits per heavy atom. The van der Waals surface area contributed by atoms with E-state index in [0.29, 0.717) is 0 Å². The number of H-pyrrole nitrogens is 1. The minimum Gasteiger partial charge on any atom is -0.361 e. The summed E-state index contributed by atoms with van der Waals surface area (Å²) in [6, 6.07) is 28.0. The van der Waals surface area contributed by atoms with Crippen molar-refractivity contribution in [3.8, 4) is 0 Å². The van der Waals surface area contributed by atoms with Gasteiger partial charge in [-0.2, -0.15) is 0 Å². The topological polar surface area (TPSA) is 19.0 Å². The number of aryl methyl sites for hydroxylation is 1. The van der Waals surface area contributed by atoms with Crippen molar-refractivity contribution in [3.05, 3.63) is 113 Å². The zero-order chi connectivity index (χ0) is 19.9. The van der Waals surface area contributed by atoms with Crippen molar-refractivity contribution >= 4 is 17.0 Å². The second-order valence-corrected chi connectivity index (χ2v) is 7.64. The number of nitrogens with zero attached hydrogens (tertiary/aromatic N) is 1. The van der Waals surface area contributed by atoms with Crippen LogP contribution in [0.1, 0.15) is 22.3 Å². The first-order chi connectivity index (χ1) is 14.3. The van der Waals surface area contributed by atoms with Crippen LogP contribution in [0.5, 0.6) is 0 Å². The summed E-state index contributed by atoms with van der Waals surface area (Å²) in [7, 11) is 0. The van der Waals surface area contributed by atoms with E-state index in [9.17, 15) is 0 Å². The quantitative estimate of drug-likeness (QED) is 0.384. The normalized spacial score (nSPS) is 11.7. The van der Waals surface area contributed by atoms with E-state index in [0.717, 1.165) is 26.1 Å². The van der Waals surface area contributed by atoms with E-state index in [2.05, 4.69) is 114 Å². The van der Waals surface area contributed by atoms with Crippen LogP contribution in [0, 0.1) is 6.92 Å². The third-order valence-corrected chi connectivity index (χ3v) is 5.37. The molecule has 1 aromatic heterocycles. The lowest BCUT2D eigenvalue weighted by Gasteiger charge is -2.21. The van der Waals surface area contributed by atoms with Crippen LogP contribution in [-0.2, 0) is 13.0 Å². The molecule has 0 radical (unpaired) electrons. The van der Waals surface area contributed by atoms with Crippen LogP contribution >= 0.6 is 0 Å². The zero-order valence-electron chi connectivity index (χ0n) is 17.0. The number of para-hydroxylation sites is 1. The summed E-state index contributed by atoms with van der Waals surface area (Å²) < 4.78 is 0. The van der Waals surface area contributed by atoms with Gasteiger partial charge in [0.1, 0.15) is 0 Å². The van der Waals surface area contributed by atoms with E-state index in [1.165, 1.54) is 33.2 Å². The molecule has 0 saturated heterocycles.